The van der Waals surface area contributed by atoms with E-state index in [4.69, 9.17) is 9.15 Å². The number of furan rings is 1. The molecule has 188 valence electrons. The maximum Gasteiger partial charge on any atom is 1.00 e. The van der Waals surface area contributed by atoms with Crippen molar-refractivity contribution in [3.8, 4) is 11.1 Å². The molecular weight excluding hydrogens is 481 g/mol. The van der Waals surface area contributed by atoms with E-state index in [1.807, 2.05) is 79.9 Å². The first-order valence-corrected chi connectivity index (χ1v) is 13.1. The number of fused-ring (bicyclic) bond motifs is 1. The Morgan fingerprint density at radius 3 is 2.46 bits per heavy atom. The number of ether oxygens (including phenoxy) is 1. The molecular formula is C29H30LiNO5S. The number of amides is 1. The van der Waals surface area contributed by atoms with Gasteiger partial charge in [0, 0.05) is 18.1 Å². The number of hydrogen-bond acceptors (Lipinski definition) is 5. The van der Waals surface area contributed by atoms with E-state index >= 15 is 0 Å². The Morgan fingerprint density at radius 1 is 1.05 bits per heavy atom. The number of nitrogens with one attached hydrogen (secondary N) is 1. The van der Waals surface area contributed by atoms with Crippen molar-refractivity contribution in [2.24, 2.45) is 0 Å². The van der Waals surface area contributed by atoms with Gasteiger partial charge in [0.25, 0.3) is 5.91 Å². The molecule has 0 bridgehead atoms. The van der Waals surface area contributed by atoms with Gasteiger partial charge < -0.3 is 21.0 Å². The molecule has 0 aliphatic rings. The van der Waals surface area contributed by atoms with Crippen LogP contribution in [-0.4, -0.2) is 42.1 Å². The summed E-state index contributed by atoms with van der Waals surface area (Å²) in [5.74, 6) is -0.176. The van der Waals surface area contributed by atoms with Gasteiger partial charge in [-0.25, -0.2) is 4.79 Å². The first kappa shape index (κ1) is 28.6. The minimum atomic E-state index is -1.05. The number of benzene rings is 3. The van der Waals surface area contributed by atoms with Crippen LogP contribution in [0.25, 0.3) is 22.1 Å². The van der Waals surface area contributed by atoms with Crippen LogP contribution >= 0.6 is 11.8 Å². The van der Waals surface area contributed by atoms with Gasteiger partial charge in [0.2, 0.25) is 0 Å². The molecule has 1 amide bonds. The Bertz CT molecular complexity index is 1360. The van der Waals surface area contributed by atoms with Crippen LogP contribution in [0.5, 0.6) is 0 Å². The largest absolute Gasteiger partial charge is 1.00 e. The zero-order chi connectivity index (χ0) is 25.7. The van der Waals surface area contributed by atoms with Crippen LogP contribution in [0.15, 0.2) is 77.2 Å². The number of carbonyl (C=O) groups excluding carboxylic acids is 1. The quantitative estimate of drug-likeness (QED) is 0.318. The van der Waals surface area contributed by atoms with E-state index in [9.17, 15) is 14.7 Å². The van der Waals surface area contributed by atoms with Gasteiger partial charge in [-0.15, -0.1) is 0 Å². The number of hydrogen-bond donors (Lipinski definition) is 2. The maximum absolute atomic E-state index is 13.3. The van der Waals surface area contributed by atoms with Gasteiger partial charge in [0.05, 0.1) is 0 Å². The smallest absolute Gasteiger partial charge is 1.00 e. The van der Waals surface area contributed by atoms with Crippen LogP contribution in [0.1, 0.15) is 41.2 Å². The van der Waals surface area contributed by atoms with E-state index in [1.165, 1.54) is 0 Å². The Balaban J connectivity index is 0.00000253. The summed E-state index contributed by atoms with van der Waals surface area (Å²) < 4.78 is 11.9. The molecule has 8 heteroatoms. The number of carboxylic acid groups (broad SMARTS) is 1. The van der Waals surface area contributed by atoms with E-state index in [1.54, 1.807) is 24.9 Å². The number of aliphatic carboxylic acids is 1. The second-order valence-corrected chi connectivity index (χ2v) is 9.55. The minimum absolute atomic E-state index is 0. The number of aryl methyl sites for hydroxylation is 1. The van der Waals surface area contributed by atoms with Crippen molar-refractivity contribution in [1.82, 2.24) is 5.32 Å². The summed E-state index contributed by atoms with van der Waals surface area (Å²) in [5.41, 5.74) is 4.59. The average Bonchev–Trinajstić information content (AvgIpc) is 3.30. The molecule has 2 atom stereocenters. The Morgan fingerprint density at radius 2 is 1.78 bits per heavy atom. The topological polar surface area (TPSA) is 88.8 Å². The number of methoxy groups -OCH3 is 1. The molecule has 4 aromatic rings. The molecule has 0 saturated heterocycles. The molecule has 2 N–H and O–H groups in total. The summed E-state index contributed by atoms with van der Waals surface area (Å²) >= 11 is 1.54. The van der Waals surface area contributed by atoms with Gasteiger partial charge in [0.1, 0.15) is 23.5 Å². The normalized spacial score (nSPS) is 12.5. The van der Waals surface area contributed by atoms with Crippen LogP contribution in [0.3, 0.4) is 0 Å². The van der Waals surface area contributed by atoms with Crippen molar-refractivity contribution in [1.29, 1.82) is 0 Å². The molecule has 0 radical (unpaired) electrons. The Kier molecular flexibility index (Phi) is 10.1. The molecule has 37 heavy (non-hydrogen) atoms. The third-order valence-corrected chi connectivity index (χ3v) is 6.82. The Hall–Kier alpha value is -2.95. The number of carbonyl (C=O) groups is 2. The Labute approximate surface area is 234 Å². The fraction of sp³-hybridized carbons (Fsp3) is 0.241. The van der Waals surface area contributed by atoms with Crippen LogP contribution < -0.4 is 24.2 Å². The third kappa shape index (κ3) is 6.49. The minimum Gasteiger partial charge on any atom is -1.00 e. The van der Waals surface area contributed by atoms with Crippen LogP contribution in [0.4, 0.5) is 0 Å². The van der Waals surface area contributed by atoms with Crippen LogP contribution in [0.2, 0.25) is 0 Å². The number of thioether (sulfide) groups is 1. The van der Waals surface area contributed by atoms with Crippen molar-refractivity contribution >= 4 is 34.6 Å². The molecule has 0 spiro atoms. The molecule has 1 heterocycles. The number of carboxylic acids is 1. The fourth-order valence-corrected chi connectivity index (χ4v) is 4.77. The SMILES string of the molecule is COC(c1ccc(C(=O)NC(CCSC)C(=O)O)c(-c2ccccc2C)c1)c1cc2ccccc2o1.[H-].[Li+]. The van der Waals surface area contributed by atoms with Gasteiger partial charge in [-0.1, -0.05) is 48.5 Å². The molecule has 0 aliphatic carbocycles. The third-order valence-electron chi connectivity index (χ3n) is 6.18. The van der Waals surface area contributed by atoms with Gasteiger partial charge in [-0.3, -0.25) is 4.79 Å². The summed E-state index contributed by atoms with van der Waals surface area (Å²) in [6.07, 6.45) is 1.77. The zero-order valence-corrected chi connectivity index (χ0v) is 22.3. The fourth-order valence-electron chi connectivity index (χ4n) is 4.30. The standard InChI is InChI=1S/C29H29NO5S.Li.H/c1-18-8-4-6-10-21(18)23-16-20(27(34-2)26-17-19-9-5-7-11-25(19)35-26)12-13-22(23)28(31)30-24(29(32)33)14-15-36-3;;/h4-13,16-17,24,27H,14-15H2,1-3H3,(H,30,31)(H,32,33);;/q;+1;-1. The van der Waals surface area contributed by atoms with E-state index in [0.29, 0.717) is 29.1 Å². The predicted octanol–water partition coefficient (Wildman–Crippen LogP) is 3.20. The molecule has 4 rings (SSSR count). The second kappa shape index (κ2) is 13.0. The predicted molar refractivity (Wildman–Crippen MR) is 145 cm³/mol. The summed E-state index contributed by atoms with van der Waals surface area (Å²) in [7, 11) is 1.62. The van der Waals surface area contributed by atoms with Crippen molar-refractivity contribution in [2.45, 2.75) is 25.5 Å². The molecule has 0 aliphatic heterocycles. The van der Waals surface area contributed by atoms with E-state index in [0.717, 1.165) is 27.7 Å². The van der Waals surface area contributed by atoms with E-state index in [-0.39, 0.29) is 20.3 Å². The van der Waals surface area contributed by atoms with Crippen LogP contribution in [0, 0.1) is 6.92 Å². The van der Waals surface area contributed by atoms with Gasteiger partial charge in [0.15, 0.2) is 0 Å². The van der Waals surface area contributed by atoms with Crippen molar-refractivity contribution in [3.63, 3.8) is 0 Å². The van der Waals surface area contributed by atoms with Gasteiger partial charge in [-0.05, 0) is 71.9 Å². The zero-order valence-electron chi connectivity index (χ0n) is 22.5. The number of para-hydroxylation sites is 1. The van der Waals surface area contributed by atoms with Crippen molar-refractivity contribution in [2.75, 3.05) is 19.1 Å². The molecule has 6 nitrogen and oxygen atoms in total. The average molecular weight is 512 g/mol. The summed E-state index contributed by atoms with van der Waals surface area (Å²) in [4.78, 5) is 25.1. The molecule has 0 fully saturated rings. The summed E-state index contributed by atoms with van der Waals surface area (Å²) in [6, 6.07) is 22.1. The maximum atomic E-state index is 13.3. The van der Waals surface area contributed by atoms with E-state index in [2.05, 4.69) is 5.32 Å². The number of rotatable bonds is 10. The van der Waals surface area contributed by atoms with Gasteiger partial charge >= 0.3 is 24.8 Å². The molecule has 2 unspecified atom stereocenters. The first-order valence-electron chi connectivity index (χ1n) is 11.7. The van der Waals surface area contributed by atoms with Crippen molar-refractivity contribution in [3.05, 3.63) is 95.2 Å². The van der Waals surface area contributed by atoms with Gasteiger partial charge in [-0.2, -0.15) is 11.8 Å². The summed E-state index contributed by atoms with van der Waals surface area (Å²) in [5, 5.41) is 13.3. The summed E-state index contributed by atoms with van der Waals surface area (Å²) in [6.45, 7) is 1.98. The second-order valence-electron chi connectivity index (χ2n) is 8.57. The molecule has 3 aromatic carbocycles. The van der Waals surface area contributed by atoms with Crippen LogP contribution in [-0.2, 0) is 9.53 Å². The monoisotopic (exact) mass is 511 g/mol. The molecule has 1 aromatic heterocycles. The first-order chi connectivity index (χ1) is 17.4. The van der Waals surface area contributed by atoms with E-state index < -0.39 is 24.0 Å². The van der Waals surface area contributed by atoms with Crippen molar-refractivity contribution < 1.29 is 44.1 Å². The molecule has 0 saturated carbocycles.